The minimum absolute atomic E-state index is 0.157. The number of carbonyl (C=O) groups is 2. The fourth-order valence-corrected chi connectivity index (χ4v) is 2.76. The topological polar surface area (TPSA) is 62.6 Å². The molecule has 0 aromatic heterocycles. The first-order valence-electron chi connectivity index (χ1n) is 8.21. The molecule has 0 saturated heterocycles. The second-order valence-electron chi connectivity index (χ2n) is 6.27. The first-order chi connectivity index (χ1) is 12.3. The molecule has 0 bridgehead atoms. The van der Waals surface area contributed by atoms with Crippen molar-refractivity contribution < 1.29 is 14.5 Å². The van der Waals surface area contributed by atoms with Gasteiger partial charge >= 0.3 is 0 Å². The molecule has 0 fully saturated rings. The molecule has 2 amide bonds. The van der Waals surface area contributed by atoms with Crippen LogP contribution < -0.4 is 15.5 Å². The van der Waals surface area contributed by atoms with E-state index in [1.807, 2.05) is 31.2 Å². The predicted molar refractivity (Wildman–Crippen MR) is 106 cm³/mol. The third-order valence-corrected chi connectivity index (χ3v) is 4.64. The largest absolute Gasteiger partial charge is 0.321 e. The Balaban J connectivity index is 1.90. The fraction of sp³-hybridized carbons (Fsp3) is 0.263. The molecule has 2 aromatic rings. The van der Waals surface area contributed by atoms with Gasteiger partial charge in [0.2, 0.25) is 0 Å². The van der Waals surface area contributed by atoms with Gasteiger partial charge in [-0.05, 0) is 44.2 Å². The Kier molecular flexibility index (Phi) is 7.03. The maximum absolute atomic E-state index is 12.4. The molecule has 0 spiro atoms. The molecule has 2 rings (SSSR count). The molecule has 26 heavy (non-hydrogen) atoms. The normalized spacial score (nSPS) is 13.0. The summed E-state index contributed by atoms with van der Waals surface area (Å²) in [5, 5.41) is 6.46. The number of aryl methyl sites for hydroxylation is 1. The highest BCUT2D eigenvalue weighted by atomic mass is 35.5. The van der Waals surface area contributed by atoms with E-state index < -0.39 is 6.04 Å². The molecule has 7 heteroatoms. The number of hydrogen-bond donors (Lipinski definition) is 3. The lowest BCUT2D eigenvalue weighted by Crippen LogP contribution is -3.14. The minimum Gasteiger partial charge on any atom is -0.321 e. The molecule has 0 heterocycles. The van der Waals surface area contributed by atoms with E-state index in [1.54, 1.807) is 32.2 Å². The first kappa shape index (κ1) is 20.2. The van der Waals surface area contributed by atoms with Crippen LogP contribution in [0.4, 0.5) is 11.4 Å². The predicted octanol–water partition coefficient (Wildman–Crippen LogP) is 2.78. The van der Waals surface area contributed by atoms with Gasteiger partial charge in [0.1, 0.15) is 0 Å². The van der Waals surface area contributed by atoms with Gasteiger partial charge in [0.25, 0.3) is 11.8 Å². The number of amides is 2. The third-order valence-electron chi connectivity index (χ3n) is 4.10. The third kappa shape index (κ3) is 5.73. The highest BCUT2D eigenvalue weighted by Gasteiger charge is 2.24. The zero-order chi connectivity index (χ0) is 19.3. The standard InChI is InChI=1S/C19H21Cl2N3O2/c1-12-4-7-15(8-5-12)22-18(25)11-24(3)13(2)19(26)23-17-9-6-14(20)10-16(17)21/h4-10,13H,11H2,1-3H3,(H,22,25)(H,23,26)/p+1/t13-/m0/s1. The Bertz CT molecular complexity index is 794. The van der Waals surface area contributed by atoms with E-state index in [4.69, 9.17) is 23.2 Å². The summed E-state index contributed by atoms with van der Waals surface area (Å²) >= 11 is 11.9. The minimum atomic E-state index is -0.439. The van der Waals surface area contributed by atoms with E-state index in [1.165, 1.54) is 0 Å². The summed E-state index contributed by atoms with van der Waals surface area (Å²) in [4.78, 5) is 25.4. The van der Waals surface area contributed by atoms with Crippen LogP contribution in [0.2, 0.25) is 10.0 Å². The van der Waals surface area contributed by atoms with Crippen molar-refractivity contribution in [2.24, 2.45) is 0 Å². The van der Waals surface area contributed by atoms with Gasteiger partial charge in [0.05, 0.1) is 17.8 Å². The van der Waals surface area contributed by atoms with Crippen molar-refractivity contribution >= 4 is 46.4 Å². The van der Waals surface area contributed by atoms with E-state index in [0.717, 1.165) is 16.2 Å². The van der Waals surface area contributed by atoms with Gasteiger partial charge in [-0.3, -0.25) is 9.59 Å². The van der Waals surface area contributed by atoms with Crippen molar-refractivity contribution in [1.82, 2.24) is 0 Å². The molecule has 0 aliphatic carbocycles. The molecule has 2 aromatic carbocycles. The van der Waals surface area contributed by atoms with Crippen LogP contribution in [0.3, 0.4) is 0 Å². The van der Waals surface area contributed by atoms with E-state index >= 15 is 0 Å². The zero-order valence-corrected chi connectivity index (χ0v) is 16.4. The van der Waals surface area contributed by atoms with Gasteiger partial charge in [-0.1, -0.05) is 40.9 Å². The average molecular weight is 395 g/mol. The van der Waals surface area contributed by atoms with Crippen LogP contribution in [0.1, 0.15) is 12.5 Å². The summed E-state index contributed by atoms with van der Waals surface area (Å²) in [6.45, 7) is 3.90. The van der Waals surface area contributed by atoms with E-state index in [9.17, 15) is 9.59 Å². The summed E-state index contributed by atoms with van der Waals surface area (Å²) in [7, 11) is 1.79. The fourth-order valence-electron chi connectivity index (χ4n) is 2.30. The molecule has 2 atom stereocenters. The Morgan fingerprint density at radius 1 is 1.08 bits per heavy atom. The van der Waals surface area contributed by atoms with Crippen LogP contribution in [0, 0.1) is 6.92 Å². The molecule has 0 saturated carbocycles. The number of quaternary nitrogens is 1. The van der Waals surface area contributed by atoms with Crippen molar-refractivity contribution in [3.05, 3.63) is 58.1 Å². The summed E-state index contributed by atoms with van der Waals surface area (Å²) in [5.41, 5.74) is 2.35. The van der Waals surface area contributed by atoms with Crippen molar-refractivity contribution in [1.29, 1.82) is 0 Å². The summed E-state index contributed by atoms with van der Waals surface area (Å²) < 4.78 is 0. The highest BCUT2D eigenvalue weighted by Crippen LogP contribution is 2.25. The monoisotopic (exact) mass is 394 g/mol. The summed E-state index contributed by atoms with van der Waals surface area (Å²) in [5.74, 6) is -0.384. The van der Waals surface area contributed by atoms with E-state index in [0.29, 0.717) is 15.7 Å². The van der Waals surface area contributed by atoms with Gasteiger partial charge in [-0.25, -0.2) is 0 Å². The van der Waals surface area contributed by atoms with Gasteiger partial charge in [0, 0.05) is 10.7 Å². The summed E-state index contributed by atoms with van der Waals surface area (Å²) in [6, 6.07) is 12.0. The summed E-state index contributed by atoms with van der Waals surface area (Å²) in [6.07, 6.45) is 0. The van der Waals surface area contributed by atoms with Gasteiger partial charge in [-0.15, -0.1) is 0 Å². The number of anilines is 2. The highest BCUT2D eigenvalue weighted by molar-refractivity contribution is 6.36. The van der Waals surface area contributed by atoms with Crippen LogP contribution in [0.5, 0.6) is 0 Å². The van der Waals surface area contributed by atoms with E-state index in [-0.39, 0.29) is 18.4 Å². The van der Waals surface area contributed by atoms with E-state index in [2.05, 4.69) is 10.6 Å². The number of likely N-dealkylation sites (N-methyl/N-ethyl adjacent to an activating group) is 1. The van der Waals surface area contributed by atoms with Gasteiger partial charge < -0.3 is 15.5 Å². The number of benzene rings is 2. The molecule has 0 aliphatic rings. The maximum atomic E-state index is 12.4. The van der Waals surface area contributed by atoms with Crippen LogP contribution in [0.25, 0.3) is 0 Å². The number of halogens is 2. The molecular weight excluding hydrogens is 373 g/mol. The van der Waals surface area contributed by atoms with Crippen LogP contribution in [0.15, 0.2) is 42.5 Å². The lowest BCUT2D eigenvalue weighted by atomic mass is 10.2. The molecule has 0 radical (unpaired) electrons. The molecular formula is C19H22Cl2N3O2+. The molecule has 1 unspecified atom stereocenters. The Morgan fingerprint density at radius 3 is 2.35 bits per heavy atom. The second-order valence-corrected chi connectivity index (χ2v) is 7.12. The Morgan fingerprint density at radius 2 is 1.73 bits per heavy atom. The van der Waals surface area contributed by atoms with Gasteiger partial charge in [0.15, 0.2) is 12.6 Å². The van der Waals surface area contributed by atoms with Crippen LogP contribution >= 0.6 is 23.2 Å². The lowest BCUT2D eigenvalue weighted by molar-refractivity contribution is -0.885. The average Bonchev–Trinajstić information content (AvgIpc) is 2.58. The van der Waals surface area contributed by atoms with Crippen LogP contribution in [-0.2, 0) is 9.59 Å². The zero-order valence-electron chi connectivity index (χ0n) is 14.9. The smallest absolute Gasteiger partial charge is 0.282 e. The lowest BCUT2D eigenvalue weighted by Gasteiger charge is -2.21. The van der Waals surface area contributed by atoms with Crippen molar-refractivity contribution in [2.45, 2.75) is 19.9 Å². The van der Waals surface area contributed by atoms with Gasteiger partial charge in [-0.2, -0.15) is 0 Å². The number of hydrogen-bond acceptors (Lipinski definition) is 2. The van der Waals surface area contributed by atoms with Crippen molar-refractivity contribution in [3.8, 4) is 0 Å². The van der Waals surface area contributed by atoms with Crippen LogP contribution in [-0.4, -0.2) is 31.4 Å². The number of nitrogens with one attached hydrogen (secondary N) is 3. The quantitative estimate of drug-likeness (QED) is 0.705. The van der Waals surface area contributed by atoms with Crippen molar-refractivity contribution in [3.63, 3.8) is 0 Å². The molecule has 3 N–H and O–H groups in total. The molecule has 5 nitrogen and oxygen atoms in total. The molecule has 138 valence electrons. The Labute approximate surface area is 163 Å². The van der Waals surface area contributed by atoms with Crippen molar-refractivity contribution in [2.75, 3.05) is 24.2 Å². The first-order valence-corrected chi connectivity index (χ1v) is 8.96. The number of carbonyl (C=O) groups excluding carboxylic acids is 2. The SMILES string of the molecule is Cc1ccc(NC(=O)C[NH+](C)[C@@H](C)C(=O)Nc2ccc(Cl)cc2Cl)cc1. The Hall–Kier alpha value is -2.08. The second kappa shape index (κ2) is 9.03. The number of rotatable bonds is 6. The maximum Gasteiger partial charge on any atom is 0.282 e. The molecule has 0 aliphatic heterocycles.